The summed E-state index contributed by atoms with van der Waals surface area (Å²) in [4.78, 5) is 15.7. The highest BCUT2D eigenvalue weighted by Gasteiger charge is 2.09. The number of anilines is 1. The van der Waals surface area contributed by atoms with Crippen LogP contribution in [0.2, 0.25) is 0 Å². The Balaban J connectivity index is 1.85. The van der Waals surface area contributed by atoms with Gasteiger partial charge >= 0.3 is 0 Å². The van der Waals surface area contributed by atoms with E-state index in [1.807, 2.05) is 0 Å². The van der Waals surface area contributed by atoms with Gasteiger partial charge in [-0.1, -0.05) is 29.5 Å². The number of nitrogen functional groups attached to an aromatic ring is 1. The Morgan fingerprint density at radius 1 is 1.19 bits per heavy atom. The maximum atomic E-state index is 5.81. The van der Waals surface area contributed by atoms with Crippen LogP contribution in [0.3, 0.4) is 0 Å². The highest BCUT2D eigenvalue weighted by atomic mass is 32.2. The minimum atomic E-state index is 0.432. The number of aryl methyl sites for hydroxylation is 2. The van der Waals surface area contributed by atoms with Crippen LogP contribution in [-0.2, 0) is 5.75 Å². The molecule has 0 aliphatic heterocycles. The van der Waals surface area contributed by atoms with Gasteiger partial charge in [0.15, 0.2) is 16.6 Å². The Hall–Kier alpha value is -2.08. The number of nitrogens with two attached hydrogens (primary N) is 1. The largest absolute Gasteiger partial charge is 0.382 e. The standard InChI is InChI=1S/C15H17N5S/c1-8-4-9(2)10(3)11(5-8)6-21-15-19-12-13(16)17-7-18-14(12)20-15/h4-5,7H,6H2,1-3H3,(H3,16,17,18,19,20). The number of imidazole rings is 1. The Morgan fingerprint density at radius 2 is 2.00 bits per heavy atom. The first-order valence-corrected chi connectivity index (χ1v) is 7.69. The third-order valence-electron chi connectivity index (χ3n) is 3.58. The summed E-state index contributed by atoms with van der Waals surface area (Å²) in [5.74, 6) is 1.29. The van der Waals surface area contributed by atoms with Crippen molar-refractivity contribution in [3.8, 4) is 0 Å². The number of nitrogens with zero attached hydrogens (tertiary/aromatic N) is 3. The number of benzene rings is 1. The maximum absolute atomic E-state index is 5.81. The third-order valence-corrected chi connectivity index (χ3v) is 4.50. The third kappa shape index (κ3) is 2.71. The van der Waals surface area contributed by atoms with Gasteiger partial charge in [-0.15, -0.1) is 0 Å². The number of nitrogens with one attached hydrogen (secondary N) is 1. The van der Waals surface area contributed by atoms with Gasteiger partial charge in [-0.25, -0.2) is 15.0 Å². The molecule has 2 heterocycles. The van der Waals surface area contributed by atoms with E-state index in [-0.39, 0.29) is 0 Å². The van der Waals surface area contributed by atoms with E-state index >= 15 is 0 Å². The molecule has 3 rings (SSSR count). The lowest BCUT2D eigenvalue weighted by Gasteiger charge is -2.09. The molecule has 6 heteroatoms. The van der Waals surface area contributed by atoms with E-state index in [1.165, 1.54) is 28.6 Å². The van der Waals surface area contributed by atoms with Crippen LogP contribution in [-0.4, -0.2) is 19.9 Å². The van der Waals surface area contributed by atoms with Gasteiger partial charge < -0.3 is 10.7 Å². The maximum Gasteiger partial charge on any atom is 0.183 e. The Morgan fingerprint density at radius 3 is 2.76 bits per heavy atom. The number of thioether (sulfide) groups is 1. The summed E-state index contributed by atoms with van der Waals surface area (Å²) in [5.41, 5.74) is 12.4. The second kappa shape index (κ2) is 5.37. The summed E-state index contributed by atoms with van der Waals surface area (Å²) in [7, 11) is 0. The van der Waals surface area contributed by atoms with Crippen LogP contribution in [0.1, 0.15) is 22.3 Å². The molecule has 2 aromatic heterocycles. The molecule has 0 amide bonds. The van der Waals surface area contributed by atoms with Crippen LogP contribution in [0.4, 0.5) is 5.82 Å². The zero-order valence-electron chi connectivity index (χ0n) is 12.3. The molecule has 3 aromatic rings. The number of rotatable bonds is 3. The first kappa shape index (κ1) is 13.9. The van der Waals surface area contributed by atoms with Crippen molar-refractivity contribution < 1.29 is 0 Å². The number of hydrogen-bond donors (Lipinski definition) is 2. The number of aromatic amines is 1. The second-order valence-corrected chi connectivity index (χ2v) is 6.12. The zero-order chi connectivity index (χ0) is 15.0. The Labute approximate surface area is 127 Å². The normalized spacial score (nSPS) is 11.2. The van der Waals surface area contributed by atoms with E-state index in [0.717, 1.165) is 10.9 Å². The van der Waals surface area contributed by atoms with Crippen LogP contribution in [0.15, 0.2) is 23.6 Å². The van der Waals surface area contributed by atoms with Crippen LogP contribution in [0.25, 0.3) is 11.2 Å². The van der Waals surface area contributed by atoms with Gasteiger partial charge in [0.25, 0.3) is 0 Å². The van der Waals surface area contributed by atoms with Crippen molar-refractivity contribution in [2.75, 3.05) is 5.73 Å². The van der Waals surface area contributed by atoms with E-state index < -0.39 is 0 Å². The highest BCUT2D eigenvalue weighted by Crippen LogP contribution is 2.26. The molecule has 21 heavy (non-hydrogen) atoms. The molecule has 0 spiro atoms. The fraction of sp³-hybridized carbons (Fsp3) is 0.267. The molecule has 5 nitrogen and oxygen atoms in total. The van der Waals surface area contributed by atoms with Crippen molar-refractivity contribution >= 4 is 28.7 Å². The van der Waals surface area contributed by atoms with Crippen LogP contribution >= 0.6 is 11.8 Å². The molecule has 0 bridgehead atoms. The smallest absolute Gasteiger partial charge is 0.183 e. The molecule has 0 saturated heterocycles. The summed E-state index contributed by atoms with van der Waals surface area (Å²) in [5, 5.41) is 0.816. The average Bonchev–Trinajstić information content (AvgIpc) is 2.86. The first-order chi connectivity index (χ1) is 10.0. The lowest BCUT2D eigenvalue weighted by atomic mass is 10.0. The van der Waals surface area contributed by atoms with Crippen molar-refractivity contribution in [1.82, 2.24) is 19.9 Å². The summed E-state index contributed by atoms with van der Waals surface area (Å²) in [6.45, 7) is 6.43. The molecule has 1 aromatic carbocycles. The Kier molecular flexibility index (Phi) is 3.55. The van der Waals surface area contributed by atoms with Crippen molar-refractivity contribution in [2.45, 2.75) is 31.7 Å². The van der Waals surface area contributed by atoms with Crippen molar-refractivity contribution in [3.63, 3.8) is 0 Å². The van der Waals surface area contributed by atoms with Crippen molar-refractivity contribution in [2.24, 2.45) is 0 Å². The summed E-state index contributed by atoms with van der Waals surface area (Å²) in [6, 6.07) is 4.44. The Bertz CT molecular complexity index is 809. The zero-order valence-corrected chi connectivity index (χ0v) is 13.1. The van der Waals surface area contributed by atoms with E-state index in [9.17, 15) is 0 Å². The second-order valence-electron chi connectivity index (χ2n) is 5.15. The monoisotopic (exact) mass is 299 g/mol. The fourth-order valence-corrected chi connectivity index (χ4v) is 3.23. The van der Waals surface area contributed by atoms with Gasteiger partial charge in [-0.2, -0.15) is 0 Å². The molecule has 0 radical (unpaired) electrons. The molecule has 0 unspecified atom stereocenters. The number of hydrogen-bond acceptors (Lipinski definition) is 5. The van der Waals surface area contributed by atoms with Gasteiger partial charge in [0.1, 0.15) is 11.8 Å². The molecular weight excluding hydrogens is 282 g/mol. The van der Waals surface area contributed by atoms with Crippen molar-refractivity contribution in [3.05, 3.63) is 40.7 Å². The van der Waals surface area contributed by atoms with E-state index in [4.69, 9.17) is 5.73 Å². The molecule has 0 fully saturated rings. The highest BCUT2D eigenvalue weighted by molar-refractivity contribution is 7.98. The number of H-pyrrole nitrogens is 1. The lowest BCUT2D eigenvalue weighted by Crippen LogP contribution is -1.92. The quantitative estimate of drug-likeness (QED) is 0.726. The van der Waals surface area contributed by atoms with Gasteiger partial charge in [-0.3, -0.25) is 0 Å². The predicted octanol–water partition coefficient (Wildman–Crippen LogP) is 3.15. The number of aromatic nitrogens is 4. The van der Waals surface area contributed by atoms with E-state index in [2.05, 4.69) is 52.8 Å². The molecule has 3 N–H and O–H groups in total. The minimum Gasteiger partial charge on any atom is -0.382 e. The molecule has 0 aliphatic rings. The lowest BCUT2D eigenvalue weighted by molar-refractivity contribution is 1.07. The van der Waals surface area contributed by atoms with Crippen LogP contribution in [0, 0.1) is 20.8 Å². The fourth-order valence-electron chi connectivity index (χ4n) is 2.32. The van der Waals surface area contributed by atoms with Crippen LogP contribution < -0.4 is 5.73 Å². The van der Waals surface area contributed by atoms with E-state index in [0.29, 0.717) is 17.0 Å². The summed E-state index contributed by atoms with van der Waals surface area (Å²) < 4.78 is 0. The predicted molar refractivity (Wildman–Crippen MR) is 86.3 cm³/mol. The van der Waals surface area contributed by atoms with Gasteiger partial charge in [0, 0.05) is 5.75 Å². The summed E-state index contributed by atoms with van der Waals surface area (Å²) >= 11 is 1.65. The SMILES string of the molecule is Cc1cc(C)c(C)c(CSc2nc3ncnc(N)c3[nH]2)c1. The van der Waals surface area contributed by atoms with E-state index in [1.54, 1.807) is 11.8 Å². The van der Waals surface area contributed by atoms with Gasteiger partial charge in [0.2, 0.25) is 0 Å². The summed E-state index contributed by atoms with van der Waals surface area (Å²) in [6.07, 6.45) is 1.43. The molecule has 0 saturated carbocycles. The van der Waals surface area contributed by atoms with Crippen LogP contribution in [0.5, 0.6) is 0 Å². The molecule has 0 atom stereocenters. The molecule has 108 valence electrons. The van der Waals surface area contributed by atoms with Crippen molar-refractivity contribution in [1.29, 1.82) is 0 Å². The molecule has 0 aliphatic carbocycles. The number of fused-ring (bicyclic) bond motifs is 1. The van der Waals surface area contributed by atoms with Gasteiger partial charge in [-0.05, 0) is 37.5 Å². The topological polar surface area (TPSA) is 80.5 Å². The first-order valence-electron chi connectivity index (χ1n) is 6.70. The van der Waals surface area contributed by atoms with Gasteiger partial charge in [0.05, 0.1) is 0 Å². The average molecular weight is 299 g/mol. The minimum absolute atomic E-state index is 0.432. The molecular formula is C15H17N5S.